The van der Waals surface area contributed by atoms with Crippen LogP contribution in [0.25, 0.3) is 11.1 Å². The first-order chi connectivity index (χ1) is 16.4. The molecular weight excluding hydrogens is 440 g/mol. The number of aliphatic carboxylic acids is 1. The predicted molar refractivity (Wildman–Crippen MR) is 123 cm³/mol. The highest BCUT2D eigenvalue weighted by Crippen LogP contribution is 2.44. The summed E-state index contributed by atoms with van der Waals surface area (Å²) in [6.45, 7) is 2.15. The van der Waals surface area contributed by atoms with Crippen molar-refractivity contribution in [3.8, 4) is 11.1 Å². The van der Waals surface area contributed by atoms with E-state index in [0.29, 0.717) is 6.42 Å². The lowest BCUT2D eigenvalue weighted by Crippen LogP contribution is -2.48. The second kappa shape index (κ2) is 11.8. The van der Waals surface area contributed by atoms with E-state index < -0.39 is 30.4 Å². The van der Waals surface area contributed by atoms with Gasteiger partial charge in [-0.15, -0.1) is 0 Å². The van der Waals surface area contributed by atoms with E-state index in [4.69, 9.17) is 14.6 Å². The van der Waals surface area contributed by atoms with Gasteiger partial charge >= 0.3 is 18.0 Å². The quantitative estimate of drug-likeness (QED) is 0.341. The monoisotopic (exact) mass is 468 g/mol. The number of hydrogen-bond donors (Lipinski definition) is 3. The van der Waals surface area contributed by atoms with Gasteiger partial charge in [-0.2, -0.15) is 0 Å². The maximum Gasteiger partial charge on any atom is 0.407 e. The highest BCUT2D eigenvalue weighted by atomic mass is 16.5. The number of esters is 1. The Morgan fingerprint density at radius 2 is 1.59 bits per heavy atom. The van der Waals surface area contributed by atoms with E-state index in [0.717, 1.165) is 22.3 Å². The zero-order valence-electron chi connectivity index (χ0n) is 18.9. The third-order valence-corrected chi connectivity index (χ3v) is 5.49. The molecule has 2 aromatic rings. The Morgan fingerprint density at radius 3 is 2.18 bits per heavy atom. The van der Waals surface area contributed by atoms with Gasteiger partial charge in [0, 0.05) is 18.9 Å². The van der Waals surface area contributed by atoms with Gasteiger partial charge in [0.15, 0.2) is 0 Å². The molecule has 0 spiro atoms. The third kappa shape index (κ3) is 6.34. The second-order valence-corrected chi connectivity index (χ2v) is 7.82. The van der Waals surface area contributed by atoms with Crippen molar-refractivity contribution in [2.45, 2.75) is 38.1 Å². The number of carboxylic acids is 1. The number of fused-ring (bicyclic) bond motifs is 3. The van der Waals surface area contributed by atoms with E-state index in [1.54, 1.807) is 6.92 Å². The molecule has 2 amide bonds. The Bertz CT molecular complexity index is 1010. The average Bonchev–Trinajstić information content (AvgIpc) is 3.13. The average molecular weight is 469 g/mol. The van der Waals surface area contributed by atoms with Gasteiger partial charge in [-0.1, -0.05) is 48.5 Å². The smallest absolute Gasteiger partial charge is 0.407 e. The first-order valence-electron chi connectivity index (χ1n) is 11.2. The minimum absolute atomic E-state index is 0.0425. The number of carboxylic acid groups (broad SMARTS) is 1. The number of ether oxygens (including phenoxy) is 2. The van der Waals surface area contributed by atoms with Crippen LogP contribution in [-0.4, -0.2) is 54.8 Å². The molecule has 0 saturated carbocycles. The van der Waals surface area contributed by atoms with Gasteiger partial charge in [0.25, 0.3) is 0 Å². The van der Waals surface area contributed by atoms with Gasteiger partial charge in [-0.05, 0) is 35.6 Å². The number of alkyl carbamates (subject to hydrolysis) is 1. The number of carbonyl (C=O) groups excluding carboxylic acids is 3. The normalized spacial score (nSPS) is 12.7. The van der Waals surface area contributed by atoms with Crippen molar-refractivity contribution in [3.05, 3.63) is 59.7 Å². The van der Waals surface area contributed by atoms with Gasteiger partial charge < -0.3 is 25.2 Å². The summed E-state index contributed by atoms with van der Waals surface area (Å²) in [5.41, 5.74) is 4.24. The SMILES string of the molecule is CCOC(=O)CCCNC(=O)C(CC(=O)O)NC(=O)OCC1c2ccccc2-c2ccccc21. The molecule has 9 heteroatoms. The van der Waals surface area contributed by atoms with Gasteiger partial charge in [0.1, 0.15) is 12.6 Å². The van der Waals surface area contributed by atoms with E-state index in [9.17, 15) is 19.2 Å². The molecule has 3 N–H and O–H groups in total. The van der Waals surface area contributed by atoms with Crippen molar-refractivity contribution in [1.29, 1.82) is 0 Å². The van der Waals surface area contributed by atoms with Crippen LogP contribution in [0.15, 0.2) is 48.5 Å². The minimum Gasteiger partial charge on any atom is -0.481 e. The van der Waals surface area contributed by atoms with Gasteiger partial charge in [-0.3, -0.25) is 14.4 Å². The molecule has 0 radical (unpaired) electrons. The van der Waals surface area contributed by atoms with Crippen molar-refractivity contribution in [2.75, 3.05) is 19.8 Å². The van der Waals surface area contributed by atoms with E-state index >= 15 is 0 Å². The molecule has 9 nitrogen and oxygen atoms in total. The van der Waals surface area contributed by atoms with Crippen LogP contribution in [0.5, 0.6) is 0 Å². The Labute approximate surface area is 197 Å². The van der Waals surface area contributed by atoms with E-state index in [1.165, 1.54) is 0 Å². The zero-order chi connectivity index (χ0) is 24.5. The van der Waals surface area contributed by atoms with Crippen LogP contribution in [0.3, 0.4) is 0 Å². The minimum atomic E-state index is -1.31. The van der Waals surface area contributed by atoms with Gasteiger partial charge in [-0.25, -0.2) is 4.79 Å². The molecule has 180 valence electrons. The van der Waals surface area contributed by atoms with Crippen LogP contribution in [0.1, 0.15) is 43.2 Å². The van der Waals surface area contributed by atoms with Crippen LogP contribution in [0, 0.1) is 0 Å². The number of carbonyl (C=O) groups is 4. The maximum atomic E-state index is 12.4. The first-order valence-corrected chi connectivity index (χ1v) is 11.2. The summed E-state index contributed by atoms with van der Waals surface area (Å²) in [6, 6.07) is 14.4. The number of amides is 2. The molecule has 0 saturated heterocycles. The first kappa shape index (κ1) is 24.8. The molecule has 0 aliphatic heterocycles. The standard InChI is InChI=1S/C25H28N2O7/c1-2-33-23(30)12-7-13-26-24(31)21(14-22(28)29)27-25(32)34-15-20-18-10-5-3-8-16(18)17-9-4-6-11-19(17)20/h3-6,8-11,20-21H,2,7,12-15H2,1H3,(H,26,31)(H,27,32)(H,28,29). The molecule has 2 aromatic carbocycles. The molecule has 1 unspecified atom stereocenters. The summed E-state index contributed by atoms with van der Waals surface area (Å²) in [5, 5.41) is 14.0. The molecule has 0 aromatic heterocycles. The van der Waals surface area contributed by atoms with E-state index in [2.05, 4.69) is 10.6 Å². The number of benzene rings is 2. The summed E-state index contributed by atoms with van der Waals surface area (Å²) in [5.74, 6) is -2.45. The molecular formula is C25H28N2O7. The summed E-state index contributed by atoms with van der Waals surface area (Å²) in [7, 11) is 0. The fourth-order valence-corrected chi connectivity index (χ4v) is 3.97. The van der Waals surface area contributed by atoms with Crippen LogP contribution < -0.4 is 10.6 Å². The fourth-order valence-electron chi connectivity index (χ4n) is 3.97. The lowest BCUT2D eigenvalue weighted by molar-refractivity contribution is -0.143. The topological polar surface area (TPSA) is 131 Å². The van der Waals surface area contributed by atoms with Crippen LogP contribution in [0.4, 0.5) is 4.79 Å². The Morgan fingerprint density at radius 1 is 0.971 bits per heavy atom. The second-order valence-electron chi connectivity index (χ2n) is 7.82. The molecule has 0 bridgehead atoms. The molecule has 0 heterocycles. The fraction of sp³-hybridized carbons (Fsp3) is 0.360. The van der Waals surface area contributed by atoms with Crippen molar-refractivity contribution >= 4 is 23.9 Å². The van der Waals surface area contributed by atoms with Crippen molar-refractivity contribution in [3.63, 3.8) is 0 Å². The molecule has 34 heavy (non-hydrogen) atoms. The molecule has 1 atom stereocenters. The van der Waals surface area contributed by atoms with Crippen molar-refractivity contribution in [1.82, 2.24) is 10.6 Å². The summed E-state index contributed by atoms with van der Waals surface area (Å²) in [4.78, 5) is 47.4. The lowest BCUT2D eigenvalue weighted by Gasteiger charge is -2.18. The highest BCUT2D eigenvalue weighted by molar-refractivity contribution is 5.89. The number of nitrogens with one attached hydrogen (secondary N) is 2. The number of hydrogen-bond acceptors (Lipinski definition) is 6. The van der Waals surface area contributed by atoms with Crippen LogP contribution in [0.2, 0.25) is 0 Å². The largest absolute Gasteiger partial charge is 0.481 e. The summed E-state index contributed by atoms with van der Waals surface area (Å²) < 4.78 is 10.2. The Balaban J connectivity index is 1.55. The van der Waals surface area contributed by atoms with Crippen LogP contribution in [-0.2, 0) is 23.9 Å². The lowest BCUT2D eigenvalue weighted by atomic mass is 9.98. The molecule has 1 aliphatic carbocycles. The summed E-state index contributed by atoms with van der Waals surface area (Å²) >= 11 is 0. The van der Waals surface area contributed by atoms with Gasteiger partial charge in [0.2, 0.25) is 5.91 Å². The Hall–Kier alpha value is -3.88. The third-order valence-electron chi connectivity index (χ3n) is 5.49. The molecule has 0 fully saturated rings. The van der Waals surface area contributed by atoms with E-state index in [-0.39, 0.29) is 38.1 Å². The van der Waals surface area contributed by atoms with Crippen LogP contribution >= 0.6 is 0 Å². The maximum absolute atomic E-state index is 12.4. The van der Waals surface area contributed by atoms with Crippen molar-refractivity contribution < 1.29 is 33.8 Å². The van der Waals surface area contributed by atoms with Gasteiger partial charge in [0.05, 0.1) is 13.0 Å². The molecule has 3 rings (SSSR count). The predicted octanol–water partition coefficient (Wildman–Crippen LogP) is 2.83. The zero-order valence-corrected chi connectivity index (χ0v) is 18.9. The Kier molecular flexibility index (Phi) is 8.61. The molecule has 1 aliphatic rings. The summed E-state index contributed by atoms with van der Waals surface area (Å²) in [6.07, 6.45) is -1.03. The van der Waals surface area contributed by atoms with Crippen molar-refractivity contribution in [2.24, 2.45) is 0 Å². The number of rotatable bonds is 11. The highest BCUT2D eigenvalue weighted by Gasteiger charge is 2.30. The van der Waals surface area contributed by atoms with E-state index in [1.807, 2.05) is 48.5 Å².